The van der Waals surface area contributed by atoms with Crippen LogP contribution in [0.2, 0.25) is 0 Å². The van der Waals surface area contributed by atoms with E-state index in [0.29, 0.717) is 5.76 Å². The summed E-state index contributed by atoms with van der Waals surface area (Å²) in [6.45, 7) is 1.81. The van der Waals surface area contributed by atoms with E-state index in [0.717, 1.165) is 11.1 Å². The summed E-state index contributed by atoms with van der Waals surface area (Å²) >= 11 is 0. The molecule has 0 aliphatic carbocycles. The lowest BCUT2D eigenvalue weighted by atomic mass is 10.3. The highest BCUT2D eigenvalue weighted by Crippen LogP contribution is 2.23. The van der Waals surface area contributed by atoms with Gasteiger partial charge in [0, 0.05) is 5.56 Å². The quantitative estimate of drug-likeness (QED) is 0.591. The standard InChI is InChI=1S/C8H6O2/c1-5-7(8(5)9)6-3-2-4-10-6/h2-4H,1H3. The van der Waals surface area contributed by atoms with Crippen LogP contribution >= 0.6 is 0 Å². The van der Waals surface area contributed by atoms with Gasteiger partial charge in [0.25, 0.3) is 0 Å². The first-order valence-electron chi connectivity index (χ1n) is 3.10. The van der Waals surface area contributed by atoms with Crippen LogP contribution in [-0.4, -0.2) is 0 Å². The van der Waals surface area contributed by atoms with Gasteiger partial charge < -0.3 is 4.42 Å². The second-order valence-corrected chi connectivity index (χ2v) is 2.31. The highest BCUT2D eigenvalue weighted by molar-refractivity contribution is 5.71. The summed E-state index contributed by atoms with van der Waals surface area (Å²) < 4.78 is 5.02. The molecule has 0 atom stereocenters. The normalized spacial score (nSPS) is 10.9. The molecule has 2 aromatic rings. The largest absolute Gasteiger partial charge is 0.464 e. The number of rotatable bonds is 1. The third kappa shape index (κ3) is 0.559. The van der Waals surface area contributed by atoms with Crippen molar-refractivity contribution in [3.8, 4) is 11.3 Å². The van der Waals surface area contributed by atoms with Crippen LogP contribution in [0.1, 0.15) is 5.56 Å². The summed E-state index contributed by atoms with van der Waals surface area (Å²) in [7, 11) is 0. The van der Waals surface area contributed by atoms with Crippen molar-refractivity contribution in [2.45, 2.75) is 6.92 Å². The first-order chi connectivity index (χ1) is 4.80. The van der Waals surface area contributed by atoms with Crippen LogP contribution in [0.4, 0.5) is 0 Å². The summed E-state index contributed by atoms with van der Waals surface area (Å²) in [5.74, 6) is 0.697. The molecule has 0 amide bonds. The zero-order valence-electron chi connectivity index (χ0n) is 5.55. The highest BCUT2D eigenvalue weighted by Gasteiger charge is 2.20. The Bertz CT molecular complexity index is 348. The van der Waals surface area contributed by atoms with Crippen molar-refractivity contribution in [2.24, 2.45) is 0 Å². The molecule has 0 saturated heterocycles. The fourth-order valence-corrected chi connectivity index (χ4v) is 0.976. The smallest absolute Gasteiger partial charge is 0.193 e. The Kier molecular flexibility index (Phi) is 0.873. The average Bonchev–Trinajstić information content (AvgIpc) is 2.37. The lowest BCUT2D eigenvalue weighted by Crippen LogP contribution is -1.73. The van der Waals surface area contributed by atoms with Crippen LogP contribution in [-0.2, 0) is 0 Å². The van der Waals surface area contributed by atoms with E-state index in [1.54, 1.807) is 25.3 Å². The molecule has 0 unspecified atom stereocenters. The fraction of sp³-hybridized carbons (Fsp3) is 0.125. The van der Waals surface area contributed by atoms with Gasteiger partial charge in [-0.05, 0) is 19.1 Å². The summed E-state index contributed by atoms with van der Waals surface area (Å²) in [5, 5.41) is 0. The van der Waals surface area contributed by atoms with Crippen LogP contribution in [0, 0.1) is 6.92 Å². The minimum Gasteiger partial charge on any atom is -0.464 e. The molecule has 2 rings (SSSR count). The molecule has 1 aromatic heterocycles. The van der Waals surface area contributed by atoms with E-state index >= 15 is 0 Å². The molecule has 0 N–H and O–H groups in total. The predicted octanol–water partition coefficient (Wildman–Crippen LogP) is 1.49. The maximum absolute atomic E-state index is 10.8. The summed E-state index contributed by atoms with van der Waals surface area (Å²) in [6.07, 6.45) is 1.57. The highest BCUT2D eigenvalue weighted by atomic mass is 16.3. The number of hydrogen-bond acceptors (Lipinski definition) is 2. The Morgan fingerprint density at radius 3 is 2.60 bits per heavy atom. The van der Waals surface area contributed by atoms with Crippen LogP contribution in [0.3, 0.4) is 0 Å². The molecular formula is C8H6O2. The Morgan fingerprint density at radius 1 is 1.50 bits per heavy atom. The van der Waals surface area contributed by atoms with Crippen molar-refractivity contribution in [1.29, 1.82) is 0 Å². The number of hydrogen-bond donors (Lipinski definition) is 0. The fourth-order valence-electron chi connectivity index (χ4n) is 0.976. The SMILES string of the molecule is Cc1c(-c2ccco2)c1=O. The monoisotopic (exact) mass is 134 g/mol. The summed E-state index contributed by atoms with van der Waals surface area (Å²) in [4.78, 5) is 10.8. The van der Waals surface area contributed by atoms with Gasteiger partial charge in [-0.3, -0.25) is 4.79 Å². The van der Waals surface area contributed by atoms with E-state index in [2.05, 4.69) is 0 Å². The van der Waals surface area contributed by atoms with Gasteiger partial charge in [0.2, 0.25) is 0 Å². The van der Waals surface area contributed by atoms with Crippen molar-refractivity contribution < 1.29 is 4.42 Å². The Hall–Kier alpha value is -1.31. The molecule has 0 radical (unpaired) electrons. The molecule has 0 bridgehead atoms. The lowest BCUT2D eigenvalue weighted by Gasteiger charge is -1.77. The van der Waals surface area contributed by atoms with Gasteiger partial charge in [0.05, 0.1) is 11.8 Å². The van der Waals surface area contributed by atoms with Gasteiger partial charge in [0.1, 0.15) is 5.76 Å². The molecule has 10 heavy (non-hydrogen) atoms. The lowest BCUT2D eigenvalue weighted by molar-refractivity contribution is 0.583. The van der Waals surface area contributed by atoms with E-state index in [4.69, 9.17) is 4.42 Å². The minimum absolute atomic E-state index is 0.134. The molecule has 0 aliphatic rings. The molecule has 0 aliphatic heterocycles. The molecule has 0 fully saturated rings. The Balaban J connectivity index is 2.50. The van der Waals surface area contributed by atoms with Gasteiger partial charge in [-0.1, -0.05) is 0 Å². The van der Waals surface area contributed by atoms with Crippen molar-refractivity contribution in [2.75, 3.05) is 0 Å². The molecule has 0 saturated carbocycles. The third-order valence-corrected chi connectivity index (χ3v) is 1.65. The maximum Gasteiger partial charge on any atom is 0.193 e. The van der Waals surface area contributed by atoms with Crippen molar-refractivity contribution >= 4 is 0 Å². The molecule has 50 valence electrons. The molecule has 1 heterocycles. The third-order valence-electron chi connectivity index (χ3n) is 1.65. The molecule has 2 nitrogen and oxygen atoms in total. The van der Waals surface area contributed by atoms with Gasteiger partial charge >= 0.3 is 0 Å². The van der Waals surface area contributed by atoms with Gasteiger partial charge in [0.15, 0.2) is 5.43 Å². The van der Waals surface area contributed by atoms with Crippen LogP contribution < -0.4 is 5.43 Å². The Labute approximate surface area is 57.8 Å². The van der Waals surface area contributed by atoms with E-state index in [1.807, 2.05) is 0 Å². The van der Waals surface area contributed by atoms with Crippen LogP contribution in [0.25, 0.3) is 11.3 Å². The van der Waals surface area contributed by atoms with Crippen LogP contribution in [0.5, 0.6) is 0 Å². The second kappa shape index (κ2) is 1.59. The van der Waals surface area contributed by atoms with E-state index in [1.165, 1.54) is 0 Å². The van der Waals surface area contributed by atoms with Crippen LogP contribution in [0.15, 0.2) is 27.6 Å². The zero-order valence-corrected chi connectivity index (χ0v) is 5.55. The van der Waals surface area contributed by atoms with Gasteiger partial charge in [-0.15, -0.1) is 0 Å². The van der Waals surface area contributed by atoms with Crippen molar-refractivity contribution in [3.63, 3.8) is 0 Å². The first-order valence-corrected chi connectivity index (χ1v) is 3.10. The molecule has 2 heteroatoms. The van der Waals surface area contributed by atoms with E-state index in [-0.39, 0.29) is 5.43 Å². The summed E-state index contributed by atoms with van der Waals surface area (Å²) in [5.41, 5.74) is 1.72. The van der Waals surface area contributed by atoms with Gasteiger partial charge in [-0.25, -0.2) is 0 Å². The topological polar surface area (TPSA) is 30.2 Å². The second-order valence-electron chi connectivity index (χ2n) is 2.31. The van der Waals surface area contributed by atoms with Crippen molar-refractivity contribution in [3.05, 3.63) is 34.2 Å². The summed E-state index contributed by atoms with van der Waals surface area (Å²) in [6, 6.07) is 3.57. The molecule has 0 spiro atoms. The Morgan fingerprint density at radius 2 is 2.20 bits per heavy atom. The maximum atomic E-state index is 10.8. The number of furan rings is 1. The zero-order chi connectivity index (χ0) is 7.14. The molecular weight excluding hydrogens is 128 g/mol. The first kappa shape index (κ1) is 5.47. The minimum atomic E-state index is 0.134. The van der Waals surface area contributed by atoms with Crippen molar-refractivity contribution in [1.82, 2.24) is 0 Å². The van der Waals surface area contributed by atoms with E-state index < -0.39 is 0 Å². The van der Waals surface area contributed by atoms with E-state index in [9.17, 15) is 4.79 Å². The molecule has 1 aromatic carbocycles. The van der Waals surface area contributed by atoms with Gasteiger partial charge in [-0.2, -0.15) is 0 Å². The average molecular weight is 134 g/mol. The predicted molar refractivity (Wildman–Crippen MR) is 37.5 cm³/mol.